The standard InChI is InChI=1S/C18H19FN6O/c19-13-6-8-14(9-7-13)25-17-15(10-22-25)16(20-11-21-17)23-24-18(26)12-4-2-1-3-5-12/h6-12H,1-5H2,(H,24,26)(H,20,21,23). The van der Waals surface area contributed by atoms with E-state index in [4.69, 9.17) is 0 Å². The summed E-state index contributed by atoms with van der Waals surface area (Å²) in [5.74, 6) is 0.207. The smallest absolute Gasteiger partial charge is 0.241 e. The van der Waals surface area contributed by atoms with E-state index in [9.17, 15) is 9.18 Å². The van der Waals surface area contributed by atoms with E-state index in [-0.39, 0.29) is 17.6 Å². The third-order valence-electron chi connectivity index (χ3n) is 4.72. The van der Waals surface area contributed by atoms with Gasteiger partial charge < -0.3 is 0 Å². The molecule has 0 atom stereocenters. The highest BCUT2D eigenvalue weighted by Crippen LogP contribution is 2.24. The van der Waals surface area contributed by atoms with Gasteiger partial charge in [0.2, 0.25) is 5.91 Å². The van der Waals surface area contributed by atoms with Gasteiger partial charge in [0.25, 0.3) is 0 Å². The quantitative estimate of drug-likeness (QED) is 0.704. The fourth-order valence-corrected chi connectivity index (χ4v) is 3.30. The van der Waals surface area contributed by atoms with Gasteiger partial charge in [-0.2, -0.15) is 5.10 Å². The van der Waals surface area contributed by atoms with Crippen molar-refractivity contribution in [2.45, 2.75) is 32.1 Å². The van der Waals surface area contributed by atoms with Crippen LogP contribution in [0.25, 0.3) is 16.7 Å². The molecule has 26 heavy (non-hydrogen) atoms. The molecular weight excluding hydrogens is 335 g/mol. The van der Waals surface area contributed by atoms with Crippen molar-refractivity contribution < 1.29 is 9.18 Å². The SMILES string of the molecule is O=C(NNc1ncnc2c1cnn2-c1ccc(F)cc1)C1CCCCC1. The van der Waals surface area contributed by atoms with Gasteiger partial charge in [0, 0.05) is 5.92 Å². The summed E-state index contributed by atoms with van der Waals surface area (Å²) in [4.78, 5) is 20.7. The number of rotatable bonds is 4. The second-order valence-electron chi connectivity index (χ2n) is 6.44. The van der Waals surface area contributed by atoms with Gasteiger partial charge in [0.05, 0.1) is 17.3 Å². The first-order valence-corrected chi connectivity index (χ1v) is 8.73. The lowest BCUT2D eigenvalue weighted by molar-refractivity contribution is -0.125. The zero-order valence-electron chi connectivity index (χ0n) is 14.2. The number of nitrogens with zero attached hydrogens (tertiary/aromatic N) is 4. The van der Waals surface area contributed by atoms with E-state index in [2.05, 4.69) is 25.9 Å². The highest BCUT2D eigenvalue weighted by molar-refractivity contribution is 5.88. The molecule has 0 unspecified atom stereocenters. The van der Waals surface area contributed by atoms with Crippen LogP contribution in [0.4, 0.5) is 10.2 Å². The van der Waals surface area contributed by atoms with Crippen LogP contribution < -0.4 is 10.9 Å². The molecule has 1 saturated carbocycles. The Bertz CT molecular complexity index is 917. The van der Waals surface area contributed by atoms with E-state index < -0.39 is 0 Å². The molecule has 0 bridgehead atoms. The Morgan fingerprint density at radius 2 is 1.88 bits per heavy atom. The third-order valence-corrected chi connectivity index (χ3v) is 4.72. The number of amides is 1. The van der Waals surface area contributed by atoms with Gasteiger partial charge in [0.15, 0.2) is 11.5 Å². The molecule has 7 nitrogen and oxygen atoms in total. The lowest BCUT2D eigenvalue weighted by Crippen LogP contribution is -2.36. The van der Waals surface area contributed by atoms with Crippen molar-refractivity contribution in [1.82, 2.24) is 25.2 Å². The van der Waals surface area contributed by atoms with Crippen LogP contribution in [0.15, 0.2) is 36.8 Å². The second-order valence-corrected chi connectivity index (χ2v) is 6.44. The third kappa shape index (κ3) is 3.22. The summed E-state index contributed by atoms with van der Waals surface area (Å²) >= 11 is 0. The fourth-order valence-electron chi connectivity index (χ4n) is 3.30. The summed E-state index contributed by atoms with van der Waals surface area (Å²) in [6, 6.07) is 5.99. The molecule has 1 amide bonds. The monoisotopic (exact) mass is 354 g/mol. The number of carbonyl (C=O) groups excluding carboxylic acids is 1. The maximum Gasteiger partial charge on any atom is 0.241 e. The van der Waals surface area contributed by atoms with E-state index >= 15 is 0 Å². The molecule has 0 spiro atoms. The Hall–Kier alpha value is -3.03. The van der Waals surface area contributed by atoms with E-state index in [1.165, 1.54) is 24.9 Å². The van der Waals surface area contributed by atoms with Crippen LogP contribution in [0.2, 0.25) is 0 Å². The molecular formula is C18H19FN6O. The molecule has 2 heterocycles. The zero-order valence-corrected chi connectivity index (χ0v) is 14.2. The highest BCUT2D eigenvalue weighted by atomic mass is 19.1. The Kier molecular flexibility index (Phi) is 4.47. The molecule has 1 aliphatic rings. The van der Waals surface area contributed by atoms with Gasteiger partial charge in [-0.15, -0.1) is 0 Å². The van der Waals surface area contributed by atoms with Crippen molar-refractivity contribution in [2.24, 2.45) is 5.92 Å². The number of hydrogen-bond donors (Lipinski definition) is 2. The van der Waals surface area contributed by atoms with Gasteiger partial charge in [-0.3, -0.25) is 15.6 Å². The maximum absolute atomic E-state index is 13.1. The summed E-state index contributed by atoms with van der Waals surface area (Å²) < 4.78 is 14.7. The molecule has 0 saturated heterocycles. The molecule has 2 aromatic heterocycles. The number of anilines is 1. The van der Waals surface area contributed by atoms with Gasteiger partial charge in [0.1, 0.15) is 12.1 Å². The van der Waals surface area contributed by atoms with Crippen LogP contribution in [0.3, 0.4) is 0 Å². The van der Waals surface area contributed by atoms with Crippen LogP contribution in [-0.2, 0) is 4.79 Å². The minimum Gasteiger partial charge on any atom is -0.281 e. The normalized spacial score (nSPS) is 15.1. The first-order valence-electron chi connectivity index (χ1n) is 8.73. The Labute approximate surface area is 149 Å². The van der Waals surface area contributed by atoms with Crippen LogP contribution in [0.1, 0.15) is 32.1 Å². The van der Waals surface area contributed by atoms with Gasteiger partial charge in [-0.1, -0.05) is 19.3 Å². The predicted molar refractivity (Wildman–Crippen MR) is 95.0 cm³/mol. The van der Waals surface area contributed by atoms with Gasteiger partial charge in [-0.05, 0) is 37.1 Å². The lowest BCUT2D eigenvalue weighted by atomic mass is 9.89. The molecule has 0 radical (unpaired) electrons. The Morgan fingerprint density at radius 3 is 2.65 bits per heavy atom. The minimum atomic E-state index is -0.312. The van der Waals surface area contributed by atoms with E-state index in [0.717, 1.165) is 25.7 Å². The average Bonchev–Trinajstić information content (AvgIpc) is 3.12. The van der Waals surface area contributed by atoms with Crippen LogP contribution in [0.5, 0.6) is 0 Å². The summed E-state index contributed by atoms with van der Waals surface area (Å²) in [5.41, 5.74) is 6.91. The van der Waals surface area contributed by atoms with Crippen molar-refractivity contribution in [1.29, 1.82) is 0 Å². The number of fused-ring (bicyclic) bond motifs is 1. The Balaban J connectivity index is 1.55. The number of nitrogens with one attached hydrogen (secondary N) is 2. The van der Waals surface area contributed by atoms with Crippen molar-refractivity contribution >= 4 is 22.8 Å². The van der Waals surface area contributed by atoms with E-state index in [1.807, 2.05) is 0 Å². The number of benzene rings is 1. The summed E-state index contributed by atoms with van der Waals surface area (Å²) in [6.45, 7) is 0. The lowest BCUT2D eigenvalue weighted by Gasteiger charge is -2.21. The van der Waals surface area contributed by atoms with Crippen LogP contribution in [0, 0.1) is 11.7 Å². The first-order chi connectivity index (χ1) is 12.7. The number of hydrogen-bond acceptors (Lipinski definition) is 5. The molecule has 4 rings (SSSR count). The number of hydrazine groups is 1. The Morgan fingerprint density at radius 1 is 1.12 bits per heavy atom. The first kappa shape index (κ1) is 16.4. The number of carbonyl (C=O) groups is 1. The number of aromatic nitrogens is 4. The maximum atomic E-state index is 13.1. The molecule has 1 fully saturated rings. The molecule has 8 heteroatoms. The van der Waals surface area contributed by atoms with Crippen molar-refractivity contribution in [3.63, 3.8) is 0 Å². The predicted octanol–water partition coefficient (Wildman–Crippen LogP) is 2.98. The van der Waals surface area contributed by atoms with Gasteiger partial charge >= 0.3 is 0 Å². The average molecular weight is 354 g/mol. The summed E-state index contributed by atoms with van der Waals surface area (Å²) in [7, 11) is 0. The summed E-state index contributed by atoms with van der Waals surface area (Å²) in [6.07, 6.45) is 8.27. The minimum absolute atomic E-state index is 0.0117. The zero-order chi connectivity index (χ0) is 17.9. The summed E-state index contributed by atoms with van der Waals surface area (Å²) in [5, 5.41) is 4.98. The van der Waals surface area contributed by atoms with Crippen molar-refractivity contribution in [2.75, 3.05) is 5.43 Å². The van der Waals surface area contributed by atoms with Crippen LogP contribution >= 0.6 is 0 Å². The van der Waals surface area contributed by atoms with Gasteiger partial charge in [-0.25, -0.2) is 19.0 Å². The molecule has 0 aliphatic heterocycles. The largest absolute Gasteiger partial charge is 0.281 e. The number of halogens is 1. The molecule has 1 aromatic carbocycles. The topological polar surface area (TPSA) is 84.7 Å². The van der Waals surface area contributed by atoms with E-state index in [1.54, 1.807) is 23.0 Å². The van der Waals surface area contributed by atoms with E-state index in [0.29, 0.717) is 22.5 Å². The second kappa shape index (κ2) is 7.07. The molecule has 134 valence electrons. The fraction of sp³-hybridized carbons (Fsp3) is 0.333. The van der Waals surface area contributed by atoms with Crippen LogP contribution in [-0.4, -0.2) is 25.7 Å². The van der Waals surface area contributed by atoms with Crippen molar-refractivity contribution in [3.05, 3.63) is 42.6 Å². The molecule has 3 aromatic rings. The highest BCUT2D eigenvalue weighted by Gasteiger charge is 2.21. The molecule has 1 aliphatic carbocycles. The van der Waals surface area contributed by atoms with Crippen molar-refractivity contribution in [3.8, 4) is 5.69 Å². The molecule has 2 N–H and O–H groups in total.